The summed E-state index contributed by atoms with van der Waals surface area (Å²) in [7, 11) is 0. The first-order valence-electron chi connectivity index (χ1n) is 9.09. The molecule has 1 aliphatic rings. The number of ether oxygens (including phenoxy) is 3. The molecule has 2 aromatic carbocycles. The summed E-state index contributed by atoms with van der Waals surface area (Å²) in [5.41, 5.74) is 1.15. The summed E-state index contributed by atoms with van der Waals surface area (Å²) < 4.78 is 16.2. The fraction of sp³-hybridized carbons (Fsp3) is 0.333. The van der Waals surface area contributed by atoms with Crippen molar-refractivity contribution in [1.82, 2.24) is 5.32 Å². The van der Waals surface area contributed by atoms with Crippen LogP contribution in [-0.2, 0) is 9.53 Å². The quantitative estimate of drug-likeness (QED) is 0.743. The van der Waals surface area contributed by atoms with Gasteiger partial charge in [0.05, 0.1) is 11.6 Å². The monoisotopic (exact) mass is 385 g/mol. The van der Waals surface area contributed by atoms with Gasteiger partial charge in [-0.25, -0.2) is 4.79 Å². The Hall–Kier alpha value is -3.22. The molecule has 2 aromatic rings. The van der Waals surface area contributed by atoms with Gasteiger partial charge in [-0.2, -0.15) is 0 Å². The molecule has 1 heterocycles. The molecule has 1 unspecified atom stereocenters. The third-order valence-electron chi connectivity index (χ3n) is 4.35. The summed E-state index contributed by atoms with van der Waals surface area (Å²) >= 11 is 0. The number of rotatable bonds is 6. The lowest BCUT2D eigenvalue weighted by Crippen LogP contribution is -2.35. The average molecular weight is 385 g/mol. The Balaban J connectivity index is 1.61. The summed E-state index contributed by atoms with van der Waals surface area (Å²) in [5, 5.41) is 12.2. The van der Waals surface area contributed by atoms with Crippen LogP contribution in [-0.4, -0.2) is 36.8 Å². The minimum atomic E-state index is -0.629. The van der Waals surface area contributed by atoms with E-state index in [0.717, 1.165) is 5.56 Å². The molecule has 3 rings (SSSR count). The Kier molecular flexibility index (Phi) is 6.03. The van der Waals surface area contributed by atoms with Crippen LogP contribution < -0.4 is 14.8 Å². The Morgan fingerprint density at radius 1 is 1.07 bits per heavy atom. The van der Waals surface area contributed by atoms with Crippen molar-refractivity contribution in [2.75, 3.05) is 19.8 Å². The van der Waals surface area contributed by atoms with Gasteiger partial charge in [-0.15, -0.1) is 0 Å². The predicted molar refractivity (Wildman–Crippen MR) is 102 cm³/mol. The third kappa shape index (κ3) is 4.73. The van der Waals surface area contributed by atoms with Gasteiger partial charge in [-0.1, -0.05) is 19.9 Å². The normalized spacial score (nSPS) is 13.7. The Labute approximate surface area is 163 Å². The van der Waals surface area contributed by atoms with Crippen molar-refractivity contribution in [2.45, 2.75) is 19.9 Å². The Morgan fingerprint density at radius 3 is 2.43 bits per heavy atom. The topological polar surface area (TPSA) is 94.1 Å². The van der Waals surface area contributed by atoms with Crippen molar-refractivity contribution >= 4 is 11.9 Å². The number of hydrogen-bond acceptors (Lipinski definition) is 6. The molecule has 0 aromatic heterocycles. The Bertz CT molecular complexity index is 846. The van der Waals surface area contributed by atoms with Crippen molar-refractivity contribution in [3.8, 4) is 17.2 Å². The zero-order valence-corrected chi connectivity index (χ0v) is 15.8. The van der Waals surface area contributed by atoms with Gasteiger partial charge >= 0.3 is 5.97 Å². The average Bonchev–Trinajstić information content (AvgIpc) is 2.70. The number of phenols is 1. The molecule has 1 amide bonds. The van der Waals surface area contributed by atoms with E-state index in [1.165, 1.54) is 24.3 Å². The van der Waals surface area contributed by atoms with Crippen LogP contribution >= 0.6 is 0 Å². The minimum Gasteiger partial charge on any atom is -0.508 e. The van der Waals surface area contributed by atoms with Gasteiger partial charge in [0.2, 0.25) is 0 Å². The number of benzene rings is 2. The lowest BCUT2D eigenvalue weighted by Gasteiger charge is -2.25. The summed E-state index contributed by atoms with van der Waals surface area (Å²) in [6, 6.07) is 10.9. The maximum absolute atomic E-state index is 12.3. The summed E-state index contributed by atoms with van der Waals surface area (Å²) in [4.78, 5) is 24.3. The number of esters is 1. The molecule has 0 saturated heterocycles. The van der Waals surface area contributed by atoms with E-state index in [4.69, 9.17) is 14.2 Å². The molecule has 1 aliphatic heterocycles. The number of nitrogens with one attached hydrogen (secondary N) is 1. The molecule has 7 nitrogen and oxygen atoms in total. The Morgan fingerprint density at radius 2 is 1.75 bits per heavy atom. The first kappa shape index (κ1) is 19.5. The van der Waals surface area contributed by atoms with Crippen LogP contribution in [0, 0.1) is 5.92 Å². The number of carbonyl (C=O) groups excluding carboxylic acids is 2. The highest BCUT2D eigenvalue weighted by Gasteiger charge is 2.22. The first-order valence-corrected chi connectivity index (χ1v) is 9.09. The van der Waals surface area contributed by atoms with Crippen LogP contribution in [0.3, 0.4) is 0 Å². The lowest BCUT2D eigenvalue weighted by molar-refractivity contribution is -0.125. The van der Waals surface area contributed by atoms with Crippen molar-refractivity contribution in [3.05, 3.63) is 53.6 Å². The largest absolute Gasteiger partial charge is 0.508 e. The second-order valence-corrected chi connectivity index (χ2v) is 6.82. The number of fused-ring (bicyclic) bond motifs is 1. The fourth-order valence-electron chi connectivity index (χ4n) is 2.92. The second kappa shape index (κ2) is 8.65. The van der Waals surface area contributed by atoms with Gasteiger partial charge in [-0.3, -0.25) is 4.79 Å². The summed E-state index contributed by atoms with van der Waals surface area (Å²) in [6.07, 6.45) is 0. The van der Waals surface area contributed by atoms with Gasteiger partial charge < -0.3 is 24.6 Å². The molecule has 0 saturated carbocycles. The number of aromatic hydroxyl groups is 1. The molecule has 28 heavy (non-hydrogen) atoms. The maximum Gasteiger partial charge on any atom is 0.338 e. The van der Waals surface area contributed by atoms with Gasteiger partial charge in [0.15, 0.2) is 18.1 Å². The summed E-state index contributed by atoms with van der Waals surface area (Å²) in [6.45, 7) is 4.59. The van der Waals surface area contributed by atoms with Crippen molar-refractivity contribution in [1.29, 1.82) is 0 Å². The highest BCUT2D eigenvalue weighted by atomic mass is 16.6. The van der Waals surface area contributed by atoms with E-state index in [1.54, 1.807) is 0 Å². The number of amides is 1. The van der Waals surface area contributed by atoms with Crippen molar-refractivity contribution < 1.29 is 28.9 Å². The molecule has 0 aliphatic carbocycles. The molecule has 0 bridgehead atoms. The number of phenolic OH excluding ortho intramolecular Hbond substituents is 1. The molecule has 0 radical (unpaired) electrons. The predicted octanol–water partition coefficient (Wildman–Crippen LogP) is 2.83. The van der Waals surface area contributed by atoms with Crippen molar-refractivity contribution in [3.63, 3.8) is 0 Å². The molecule has 0 spiro atoms. The molecular weight excluding hydrogens is 362 g/mol. The van der Waals surface area contributed by atoms with Crippen molar-refractivity contribution in [2.24, 2.45) is 5.92 Å². The lowest BCUT2D eigenvalue weighted by atomic mass is 9.95. The van der Waals surface area contributed by atoms with Crippen LogP contribution in [0.25, 0.3) is 0 Å². The molecule has 148 valence electrons. The van der Waals surface area contributed by atoms with E-state index in [2.05, 4.69) is 5.32 Å². The van der Waals surface area contributed by atoms with E-state index in [9.17, 15) is 14.7 Å². The van der Waals surface area contributed by atoms with Gasteiger partial charge in [0.25, 0.3) is 5.91 Å². The first-order chi connectivity index (χ1) is 13.4. The number of hydrogen-bond donors (Lipinski definition) is 2. The number of carbonyl (C=O) groups is 2. The van der Waals surface area contributed by atoms with Crippen LogP contribution in [0.1, 0.15) is 35.8 Å². The van der Waals surface area contributed by atoms with E-state index >= 15 is 0 Å². The van der Waals surface area contributed by atoms with Crippen LogP contribution in [0.4, 0.5) is 0 Å². The molecule has 2 N–H and O–H groups in total. The minimum absolute atomic E-state index is 0.0495. The van der Waals surface area contributed by atoms with Gasteiger partial charge in [-0.05, 0) is 47.9 Å². The highest BCUT2D eigenvalue weighted by Crippen LogP contribution is 2.34. The van der Waals surface area contributed by atoms with Crippen LogP contribution in [0.2, 0.25) is 0 Å². The van der Waals surface area contributed by atoms with Gasteiger partial charge in [0.1, 0.15) is 19.0 Å². The smallest absolute Gasteiger partial charge is 0.338 e. The fourth-order valence-corrected chi connectivity index (χ4v) is 2.92. The SMILES string of the molecule is CC(C)C(NC(=O)COC(=O)c1ccc(O)cc1)c1ccc2c(c1)OCCO2. The molecule has 1 atom stereocenters. The molecule has 7 heteroatoms. The second-order valence-electron chi connectivity index (χ2n) is 6.82. The van der Waals surface area contributed by atoms with Crippen LogP contribution in [0.15, 0.2) is 42.5 Å². The zero-order valence-electron chi connectivity index (χ0n) is 15.8. The van der Waals surface area contributed by atoms with E-state index in [-0.39, 0.29) is 23.3 Å². The third-order valence-corrected chi connectivity index (χ3v) is 4.35. The van der Waals surface area contributed by atoms with E-state index < -0.39 is 18.5 Å². The highest BCUT2D eigenvalue weighted by molar-refractivity contribution is 5.91. The standard InChI is InChI=1S/C21H23NO6/c1-13(2)20(15-5-8-17-18(11-15)27-10-9-26-17)22-19(24)12-28-21(25)14-3-6-16(23)7-4-14/h3-8,11,13,20,23H,9-10,12H2,1-2H3,(H,22,24). The van der Waals surface area contributed by atoms with Crippen LogP contribution in [0.5, 0.6) is 17.2 Å². The zero-order chi connectivity index (χ0) is 20.1. The maximum atomic E-state index is 12.3. The molecule has 0 fully saturated rings. The summed E-state index contributed by atoms with van der Waals surface area (Å²) in [5.74, 6) is 0.471. The van der Waals surface area contributed by atoms with Gasteiger partial charge in [0, 0.05) is 0 Å². The molecular formula is C21H23NO6. The van der Waals surface area contributed by atoms with E-state index in [0.29, 0.717) is 24.7 Å². The van der Waals surface area contributed by atoms with E-state index in [1.807, 2.05) is 32.0 Å².